The van der Waals surface area contributed by atoms with Gasteiger partial charge < -0.3 is 10.5 Å². The van der Waals surface area contributed by atoms with Crippen molar-refractivity contribution in [3.8, 4) is 11.6 Å². The highest BCUT2D eigenvalue weighted by molar-refractivity contribution is 5.56. The van der Waals surface area contributed by atoms with Crippen LogP contribution in [0.1, 0.15) is 44.4 Å². The maximum atomic E-state index is 6.06. The molecule has 1 aromatic heterocycles. The molecule has 0 saturated heterocycles. The Kier molecular flexibility index (Phi) is 4.21. The number of benzene rings is 1. The molecule has 0 amide bonds. The molecule has 0 aliphatic rings. The number of hydrogen-bond acceptors (Lipinski definition) is 3. The lowest BCUT2D eigenvalue weighted by atomic mass is 9.85. The van der Waals surface area contributed by atoms with Gasteiger partial charge in [-0.15, -0.1) is 0 Å². The van der Waals surface area contributed by atoms with Crippen LogP contribution in [0.25, 0.3) is 0 Å². The van der Waals surface area contributed by atoms with Gasteiger partial charge in [0.05, 0.1) is 5.69 Å². The van der Waals surface area contributed by atoms with Crippen molar-refractivity contribution in [1.29, 1.82) is 0 Å². The largest absolute Gasteiger partial charge is 0.437 e. The van der Waals surface area contributed by atoms with E-state index in [0.29, 0.717) is 11.6 Å². The number of nitrogens with zero attached hydrogens (tertiary/aromatic N) is 1. The van der Waals surface area contributed by atoms with E-state index in [4.69, 9.17) is 10.5 Å². The third kappa shape index (κ3) is 3.35. The van der Waals surface area contributed by atoms with Crippen molar-refractivity contribution in [3.05, 3.63) is 47.2 Å². The summed E-state index contributed by atoms with van der Waals surface area (Å²) in [5.74, 6) is 1.30. The van der Waals surface area contributed by atoms with Gasteiger partial charge in [-0.3, -0.25) is 0 Å². The van der Waals surface area contributed by atoms with Crippen LogP contribution < -0.4 is 10.5 Å². The number of pyridine rings is 1. The van der Waals surface area contributed by atoms with Crippen LogP contribution in [0.2, 0.25) is 0 Å². The van der Waals surface area contributed by atoms with E-state index in [1.54, 1.807) is 6.20 Å². The van der Waals surface area contributed by atoms with Gasteiger partial charge in [-0.2, -0.15) is 0 Å². The topological polar surface area (TPSA) is 48.1 Å². The van der Waals surface area contributed by atoms with E-state index in [1.807, 2.05) is 19.1 Å². The van der Waals surface area contributed by atoms with Crippen LogP contribution in [0.3, 0.4) is 0 Å². The minimum atomic E-state index is -0.000893. The Hall–Kier alpha value is -2.03. The van der Waals surface area contributed by atoms with Crippen LogP contribution in [0.5, 0.6) is 11.6 Å². The third-order valence-corrected chi connectivity index (χ3v) is 3.64. The lowest BCUT2D eigenvalue weighted by Gasteiger charge is -2.23. The minimum absolute atomic E-state index is 0.000893. The Morgan fingerprint density at radius 2 is 1.90 bits per heavy atom. The van der Waals surface area contributed by atoms with Gasteiger partial charge in [-0.05, 0) is 42.0 Å². The summed E-state index contributed by atoms with van der Waals surface area (Å²) < 4.78 is 6.01. The molecular formula is C18H24N2O. The van der Waals surface area contributed by atoms with Crippen LogP contribution in [0, 0.1) is 6.92 Å². The maximum absolute atomic E-state index is 6.06. The van der Waals surface area contributed by atoms with E-state index < -0.39 is 0 Å². The molecule has 1 heterocycles. The molecule has 0 aliphatic carbocycles. The lowest BCUT2D eigenvalue weighted by Crippen LogP contribution is -2.13. The second kappa shape index (κ2) is 5.76. The average Bonchev–Trinajstić information content (AvgIpc) is 2.43. The van der Waals surface area contributed by atoms with Crippen LogP contribution in [-0.2, 0) is 11.8 Å². The van der Waals surface area contributed by atoms with Crippen molar-refractivity contribution >= 4 is 5.69 Å². The summed E-state index contributed by atoms with van der Waals surface area (Å²) in [4.78, 5) is 4.25. The van der Waals surface area contributed by atoms with Crippen LogP contribution in [0.4, 0.5) is 5.69 Å². The third-order valence-electron chi connectivity index (χ3n) is 3.64. The lowest BCUT2D eigenvalue weighted by molar-refractivity contribution is 0.441. The second-order valence-electron chi connectivity index (χ2n) is 6.38. The molecule has 3 heteroatoms. The summed E-state index contributed by atoms with van der Waals surface area (Å²) in [7, 11) is 0. The highest BCUT2D eigenvalue weighted by Crippen LogP contribution is 2.36. The fourth-order valence-electron chi connectivity index (χ4n) is 2.20. The second-order valence-corrected chi connectivity index (χ2v) is 6.38. The Morgan fingerprint density at radius 3 is 2.52 bits per heavy atom. The highest BCUT2D eigenvalue weighted by atomic mass is 16.5. The van der Waals surface area contributed by atoms with Crippen molar-refractivity contribution in [2.45, 2.75) is 46.5 Å². The van der Waals surface area contributed by atoms with Gasteiger partial charge in [0.2, 0.25) is 5.88 Å². The highest BCUT2D eigenvalue weighted by Gasteiger charge is 2.20. The first-order chi connectivity index (χ1) is 9.82. The van der Waals surface area contributed by atoms with Gasteiger partial charge in [0.1, 0.15) is 5.75 Å². The molecule has 0 atom stereocenters. The number of ether oxygens (including phenoxy) is 1. The van der Waals surface area contributed by atoms with Crippen LogP contribution >= 0.6 is 0 Å². The fraction of sp³-hybridized carbons (Fsp3) is 0.389. The molecule has 0 spiro atoms. The van der Waals surface area contributed by atoms with Gasteiger partial charge in [0.15, 0.2) is 0 Å². The van der Waals surface area contributed by atoms with E-state index >= 15 is 0 Å². The minimum Gasteiger partial charge on any atom is -0.437 e. The summed E-state index contributed by atoms with van der Waals surface area (Å²) in [6.45, 7) is 10.7. The zero-order valence-corrected chi connectivity index (χ0v) is 13.5. The normalized spacial score (nSPS) is 11.5. The zero-order valence-electron chi connectivity index (χ0n) is 13.5. The molecule has 2 N–H and O–H groups in total. The Labute approximate surface area is 127 Å². The van der Waals surface area contributed by atoms with Gasteiger partial charge in [-0.1, -0.05) is 39.8 Å². The predicted molar refractivity (Wildman–Crippen MR) is 88.0 cm³/mol. The van der Waals surface area contributed by atoms with Gasteiger partial charge in [0.25, 0.3) is 0 Å². The van der Waals surface area contributed by atoms with Gasteiger partial charge in [0, 0.05) is 11.8 Å². The van der Waals surface area contributed by atoms with Gasteiger partial charge in [-0.25, -0.2) is 4.98 Å². The Balaban J connectivity index is 2.46. The summed E-state index contributed by atoms with van der Waals surface area (Å²) in [6, 6.07) is 8.20. The predicted octanol–water partition coefficient (Wildman–Crippen LogP) is 4.62. The number of aromatic nitrogens is 1. The number of nitrogen functional groups attached to an aromatic ring is 1. The summed E-state index contributed by atoms with van der Waals surface area (Å²) >= 11 is 0. The van der Waals surface area contributed by atoms with Crippen molar-refractivity contribution in [1.82, 2.24) is 4.98 Å². The first-order valence-electron chi connectivity index (χ1n) is 7.35. The molecule has 2 rings (SSSR count). The molecule has 0 aliphatic heterocycles. The molecule has 21 heavy (non-hydrogen) atoms. The molecule has 0 fully saturated rings. The molecule has 0 radical (unpaired) electrons. The molecule has 0 bridgehead atoms. The van der Waals surface area contributed by atoms with E-state index in [2.05, 4.69) is 44.8 Å². The number of nitrogens with two attached hydrogens (primary N) is 1. The molecule has 0 unspecified atom stereocenters. The number of aryl methyl sites for hydroxylation is 2. The monoisotopic (exact) mass is 284 g/mol. The Bertz CT molecular complexity index is 642. The standard InChI is InChI=1S/C18H24N2O/c1-6-13-7-8-15(14(11-13)18(3,4)5)21-17-16(19)12(2)9-10-20-17/h7-11H,6,19H2,1-5H3. The van der Waals surface area contributed by atoms with Gasteiger partial charge >= 0.3 is 0 Å². The van der Waals surface area contributed by atoms with E-state index in [1.165, 1.54) is 11.1 Å². The fourth-order valence-corrected chi connectivity index (χ4v) is 2.20. The molecule has 3 nitrogen and oxygen atoms in total. The first kappa shape index (κ1) is 15.4. The number of anilines is 1. The van der Waals surface area contributed by atoms with Crippen LogP contribution in [-0.4, -0.2) is 4.98 Å². The van der Waals surface area contributed by atoms with E-state index in [-0.39, 0.29) is 5.41 Å². The molecule has 0 saturated carbocycles. The quantitative estimate of drug-likeness (QED) is 0.894. The molecule has 1 aromatic carbocycles. The molecule has 112 valence electrons. The first-order valence-corrected chi connectivity index (χ1v) is 7.35. The number of hydrogen-bond donors (Lipinski definition) is 1. The summed E-state index contributed by atoms with van der Waals surface area (Å²) in [5, 5.41) is 0. The number of rotatable bonds is 3. The average molecular weight is 284 g/mol. The molecule has 2 aromatic rings. The van der Waals surface area contributed by atoms with E-state index in [9.17, 15) is 0 Å². The maximum Gasteiger partial charge on any atom is 0.242 e. The zero-order chi connectivity index (χ0) is 15.6. The Morgan fingerprint density at radius 1 is 1.19 bits per heavy atom. The van der Waals surface area contributed by atoms with Crippen molar-refractivity contribution in [3.63, 3.8) is 0 Å². The van der Waals surface area contributed by atoms with E-state index in [0.717, 1.165) is 17.7 Å². The van der Waals surface area contributed by atoms with Crippen LogP contribution in [0.15, 0.2) is 30.5 Å². The van der Waals surface area contributed by atoms with Crippen molar-refractivity contribution in [2.24, 2.45) is 0 Å². The summed E-state index contributed by atoms with van der Waals surface area (Å²) in [5.41, 5.74) is 10.1. The summed E-state index contributed by atoms with van der Waals surface area (Å²) in [6.07, 6.45) is 2.73. The molecular weight excluding hydrogens is 260 g/mol. The van der Waals surface area contributed by atoms with Crippen molar-refractivity contribution in [2.75, 3.05) is 5.73 Å². The van der Waals surface area contributed by atoms with Crippen molar-refractivity contribution < 1.29 is 4.74 Å². The SMILES string of the molecule is CCc1ccc(Oc2nccc(C)c2N)c(C(C)(C)C)c1. The smallest absolute Gasteiger partial charge is 0.242 e.